The van der Waals surface area contributed by atoms with E-state index in [4.69, 9.17) is 0 Å². The summed E-state index contributed by atoms with van der Waals surface area (Å²) in [4.78, 5) is 15.5. The number of amides is 1. The van der Waals surface area contributed by atoms with Crippen LogP contribution in [-0.2, 0) is 6.54 Å². The summed E-state index contributed by atoms with van der Waals surface area (Å²) in [6.45, 7) is 4.08. The fourth-order valence-electron chi connectivity index (χ4n) is 2.58. The molecule has 3 aromatic rings. The van der Waals surface area contributed by atoms with E-state index in [2.05, 4.69) is 10.3 Å². The van der Waals surface area contributed by atoms with Crippen LogP contribution in [0.25, 0.3) is 10.9 Å². The highest BCUT2D eigenvalue weighted by molar-refractivity contribution is 6.00. The molecule has 1 amide bonds. The average molecular weight is 296 g/mol. The molecule has 3 rings (SSSR count). The van der Waals surface area contributed by atoms with E-state index in [1.54, 1.807) is 18.2 Å². The van der Waals surface area contributed by atoms with Crippen LogP contribution in [0.3, 0.4) is 0 Å². The van der Waals surface area contributed by atoms with Gasteiger partial charge in [-0.3, -0.25) is 4.79 Å². The lowest BCUT2D eigenvalue weighted by Crippen LogP contribution is -2.24. The second-order valence-electron chi connectivity index (χ2n) is 5.45. The number of rotatable bonds is 3. The third-order valence-corrected chi connectivity index (χ3v) is 3.84. The van der Waals surface area contributed by atoms with E-state index in [1.807, 2.05) is 32.0 Å². The molecule has 0 bridgehead atoms. The monoisotopic (exact) mass is 296 g/mol. The summed E-state index contributed by atoms with van der Waals surface area (Å²) >= 11 is 0. The summed E-state index contributed by atoms with van der Waals surface area (Å²) in [7, 11) is 0. The van der Waals surface area contributed by atoms with Crippen LogP contribution < -0.4 is 5.32 Å². The zero-order valence-corrected chi connectivity index (χ0v) is 12.5. The molecule has 4 heteroatoms. The van der Waals surface area contributed by atoms with Gasteiger partial charge in [-0.25, -0.2) is 4.39 Å². The molecule has 2 aromatic carbocycles. The number of benzene rings is 2. The first kappa shape index (κ1) is 14.3. The summed E-state index contributed by atoms with van der Waals surface area (Å²) in [5.41, 5.74) is 3.97. The summed E-state index contributed by atoms with van der Waals surface area (Å²) in [6, 6.07) is 12.5. The van der Waals surface area contributed by atoms with Crippen molar-refractivity contribution >= 4 is 16.8 Å². The molecule has 3 nitrogen and oxygen atoms in total. The number of carbonyl (C=O) groups excluding carboxylic acids is 1. The lowest BCUT2D eigenvalue weighted by atomic mass is 10.1. The fourth-order valence-corrected chi connectivity index (χ4v) is 2.58. The predicted octanol–water partition coefficient (Wildman–Crippen LogP) is 3.85. The lowest BCUT2D eigenvalue weighted by molar-refractivity contribution is 0.0946. The van der Waals surface area contributed by atoms with Gasteiger partial charge in [0.15, 0.2) is 0 Å². The van der Waals surface area contributed by atoms with Crippen molar-refractivity contribution in [1.29, 1.82) is 0 Å². The number of aryl methyl sites for hydroxylation is 2. The summed E-state index contributed by atoms with van der Waals surface area (Å²) < 4.78 is 13.6. The maximum atomic E-state index is 13.6. The van der Waals surface area contributed by atoms with Crippen molar-refractivity contribution in [3.05, 3.63) is 70.7 Å². The molecule has 1 heterocycles. The molecule has 0 fully saturated rings. The number of halogens is 1. The Morgan fingerprint density at radius 2 is 1.95 bits per heavy atom. The van der Waals surface area contributed by atoms with Crippen molar-refractivity contribution in [1.82, 2.24) is 10.3 Å². The number of carbonyl (C=O) groups is 1. The second-order valence-corrected chi connectivity index (χ2v) is 5.45. The van der Waals surface area contributed by atoms with E-state index in [9.17, 15) is 9.18 Å². The minimum absolute atomic E-state index is 0.166. The fraction of sp³-hybridized carbons (Fsp3) is 0.167. The van der Waals surface area contributed by atoms with Gasteiger partial charge in [0.05, 0.1) is 0 Å². The molecule has 0 atom stereocenters. The smallest absolute Gasteiger partial charge is 0.268 e. The Kier molecular flexibility index (Phi) is 3.67. The molecule has 0 saturated heterocycles. The highest BCUT2D eigenvalue weighted by atomic mass is 19.1. The van der Waals surface area contributed by atoms with Gasteiger partial charge in [-0.15, -0.1) is 0 Å². The summed E-state index contributed by atoms with van der Waals surface area (Å²) in [5, 5.41) is 3.79. The van der Waals surface area contributed by atoms with Gasteiger partial charge in [0.1, 0.15) is 11.5 Å². The molecule has 2 N–H and O–H groups in total. The van der Waals surface area contributed by atoms with E-state index < -0.39 is 0 Å². The molecule has 1 aromatic heterocycles. The standard InChI is InChI=1S/C18H17FN2O/c1-11-7-8-14-12(2)17(21-16(14)9-11)18(22)20-10-13-5-3-4-6-15(13)19/h3-9,21H,10H2,1-2H3,(H,20,22). The molecule has 0 aliphatic heterocycles. The van der Waals surface area contributed by atoms with Crippen molar-refractivity contribution in [3.63, 3.8) is 0 Å². The maximum Gasteiger partial charge on any atom is 0.268 e. The van der Waals surface area contributed by atoms with Crippen LogP contribution in [0.2, 0.25) is 0 Å². The van der Waals surface area contributed by atoms with Gasteiger partial charge in [-0.1, -0.05) is 30.3 Å². The molecule has 0 aliphatic rings. The molecule has 22 heavy (non-hydrogen) atoms. The minimum Gasteiger partial charge on any atom is -0.350 e. The quantitative estimate of drug-likeness (QED) is 0.757. The van der Waals surface area contributed by atoms with Crippen molar-refractivity contribution in [3.8, 4) is 0 Å². The number of aromatic nitrogens is 1. The van der Waals surface area contributed by atoms with Crippen LogP contribution in [-0.4, -0.2) is 10.9 Å². The zero-order chi connectivity index (χ0) is 15.7. The Balaban J connectivity index is 1.83. The van der Waals surface area contributed by atoms with E-state index in [0.717, 1.165) is 22.0 Å². The molecule has 0 aliphatic carbocycles. The Morgan fingerprint density at radius 3 is 2.73 bits per heavy atom. The van der Waals surface area contributed by atoms with Crippen LogP contribution in [0.4, 0.5) is 4.39 Å². The Bertz CT molecular complexity index is 851. The molecule has 0 radical (unpaired) electrons. The number of nitrogens with one attached hydrogen (secondary N) is 2. The van der Waals surface area contributed by atoms with Gasteiger partial charge in [-0.2, -0.15) is 0 Å². The Hall–Kier alpha value is -2.62. The molecule has 0 spiro atoms. The SMILES string of the molecule is Cc1ccc2c(C)c(C(=O)NCc3ccccc3F)[nH]c2c1. The number of aromatic amines is 1. The van der Waals surface area contributed by atoms with E-state index in [0.29, 0.717) is 11.3 Å². The third-order valence-electron chi connectivity index (χ3n) is 3.84. The van der Waals surface area contributed by atoms with Crippen molar-refractivity contribution in [2.75, 3.05) is 0 Å². The van der Waals surface area contributed by atoms with Crippen LogP contribution in [0, 0.1) is 19.7 Å². The van der Waals surface area contributed by atoms with Gasteiger partial charge in [0.2, 0.25) is 0 Å². The van der Waals surface area contributed by atoms with Gasteiger partial charge in [0, 0.05) is 23.0 Å². The number of H-pyrrole nitrogens is 1. The van der Waals surface area contributed by atoms with Crippen LogP contribution in [0.5, 0.6) is 0 Å². The molecular weight excluding hydrogens is 279 g/mol. The lowest BCUT2D eigenvalue weighted by Gasteiger charge is -2.06. The van der Waals surface area contributed by atoms with Gasteiger partial charge in [-0.05, 0) is 37.1 Å². The highest BCUT2D eigenvalue weighted by Crippen LogP contribution is 2.22. The summed E-state index contributed by atoms with van der Waals surface area (Å²) in [6.07, 6.45) is 0. The van der Waals surface area contributed by atoms with Crippen LogP contribution in [0.15, 0.2) is 42.5 Å². The van der Waals surface area contributed by atoms with Gasteiger partial charge >= 0.3 is 0 Å². The molecule has 0 unspecified atom stereocenters. The van der Waals surface area contributed by atoms with Crippen molar-refractivity contribution in [2.45, 2.75) is 20.4 Å². The largest absolute Gasteiger partial charge is 0.350 e. The average Bonchev–Trinajstić information content (AvgIpc) is 2.82. The second kappa shape index (κ2) is 5.64. The van der Waals surface area contributed by atoms with E-state index in [-0.39, 0.29) is 18.3 Å². The van der Waals surface area contributed by atoms with Gasteiger partial charge in [0.25, 0.3) is 5.91 Å². The highest BCUT2D eigenvalue weighted by Gasteiger charge is 2.15. The Labute approximate surface area is 128 Å². The first-order valence-electron chi connectivity index (χ1n) is 7.17. The molecule has 0 saturated carbocycles. The normalized spacial score (nSPS) is 10.9. The van der Waals surface area contributed by atoms with E-state index >= 15 is 0 Å². The zero-order valence-electron chi connectivity index (χ0n) is 12.5. The van der Waals surface area contributed by atoms with Gasteiger partial charge < -0.3 is 10.3 Å². The number of fused-ring (bicyclic) bond motifs is 1. The first-order chi connectivity index (χ1) is 10.6. The van der Waals surface area contributed by atoms with Crippen molar-refractivity contribution in [2.24, 2.45) is 0 Å². The maximum absolute atomic E-state index is 13.6. The van der Waals surface area contributed by atoms with Crippen molar-refractivity contribution < 1.29 is 9.18 Å². The van der Waals surface area contributed by atoms with E-state index in [1.165, 1.54) is 6.07 Å². The third kappa shape index (κ3) is 2.60. The number of hydrogen-bond donors (Lipinski definition) is 2. The molecular formula is C18H17FN2O. The topological polar surface area (TPSA) is 44.9 Å². The Morgan fingerprint density at radius 1 is 1.18 bits per heavy atom. The predicted molar refractivity (Wildman–Crippen MR) is 85.3 cm³/mol. The molecule has 112 valence electrons. The number of hydrogen-bond acceptors (Lipinski definition) is 1. The summed E-state index contributed by atoms with van der Waals surface area (Å²) in [5.74, 6) is -0.540. The minimum atomic E-state index is -0.313. The van der Waals surface area contributed by atoms with Crippen LogP contribution >= 0.6 is 0 Å². The first-order valence-corrected chi connectivity index (χ1v) is 7.17. The van der Waals surface area contributed by atoms with Crippen LogP contribution in [0.1, 0.15) is 27.2 Å².